The first-order chi connectivity index (χ1) is 9.02. The minimum absolute atomic E-state index is 0.132. The zero-order valence-corrected chi connectivity index (χ0v) is 12.3. The van der Waals surface area contributed by atoms with E-state index in [1.54, 1.807) is 12.1 Å². The molecule has 0 unspecified atom stereocenters. The first-order valence-electron chi connectivity index (χ1n) is 7.26. The maximum atomic E-state index is 13.4. The smallest absolute Gasteiger partial charge is 0.125 e. The molecule has 1 N–H and O–H groups in total. The summed E-state index contributed by atoms with van der Waals surface area (Å²) < 4.78 is 13.4. The Balaban J connectivity index is 1.99. The Labute approximate surface area is 116 Å². The SMILES string of the molecule is CCCNCC(C)(C)CN1CCc2ccc(F)cc21. The molecule has 1 aliphatic rings. The number of nitrogens with zero attached hydrogens (tertiary/aromatic N) is 1. The van der Waals surface area contributed by atoms with Crippen LogP contribution in [0.2, 0.25) is 0 Å². The van der Waals surface area contributed by atoms with E-state index in [2.05, 4.69) is 31.0 Å². The fraction of sp³-hybridized carbons (Fsp3) is 0.625. The normalized spacial score (nSPS) is 14.8. The predicted octanol–water partition coefficient (Wildman–Crippen LogP) is 3.21. The molecule has 0 aromatic heterocycles. The van der Waals surface area contributed by atoms with Gasteiger partial charge in [-0.25, -0.2) is 4.39 Å². The molecule has 1 aromatic rings. The van der Waals surface area contributed by atoms with Gasteiger partial charge < -0.3 is 10.2 Å². The van der Waals surface area contributed by atoms with Crippen molar-refractivity contribution in [3.63, 3.8) is 0 Å². The van der Waals surface area contributed by atoms with Crippen molar-refractivity contribution < 1.29 is 4.39 Å². The van der Waals surface area contributed by atoms with Gasteiger partial charge in [0, 0.05) is 25.3 Å². The van der Waals surface area contributed by atoms with Gasteiger partial charge in [0.15, 0.2) is 0 Å². The van der Waals surface area contributed by atoms with E-state index in [4.69, 9.17) is 0 Å². The standard InChI is InChI=1S/C16H25FN2/c1-4-8-18-11-16(2,3)12-19-9-7-13-5-6-14(17)10-15(13)19/h5-6,10,18H,4,7-9,11-12H2,1-3H3. The molecule has 0 fully saturated rings. The first kappa shape index (κ1) is 14.3. The maximum absolute atomic E-state index is 13.4. The van der Waals surface area contributed by atoms with Crippen LogP contribution in [-0.4, -0.2) is 26.2 Å². The number of rotatable bonds is 6. The fourth-order valence-electron chi connectivity index (χ4n) is 2.76. The van der Waals surface area contributed by atoms with Crippen LogP contribution in [0.1, 0.15) is 32.8 Å². The monoisotopic (exact) mass is 264 g/mol. The lowest BCUT2D eigenvalue weighted by Crippen LogP contribution is -2.40. The first-order valence-corrected chi connectivity index (χ1v) is 7.26. The molecule has 0 saturated heterocycles. The topological polar surface area (TPSA) is 15.3 Å². The van der Waals surface area contributed by atoms with Crippen LogP contribution in [0.25, 0.3) is 0 Å². The number of anilines is 1. The Bertz CT molecular complexity index is 429. The van der Waals surface area contributed by atoms with Crippen molar-refractivity contribution >= 4 is 5.69 Å². The average molecular weight is 264 g/mol. The van der Waals surface area contributed by atoms with Gasteiger partial charge in [0.2, 0.25) is 0 Å². The molecule has 19 heavy (non-hydrogen) atoms. The molecule has 0 atom stereocenters. The Kier molecular flexibility index (Phi) is 4.46. The quantitative estimate of drug-likeness (QED) is 0.794. The summed E-state index contributed by atoms with van der Waals surface area (Å²) >= 11 is 0. The third-order valence-electron chi connectivity index (χ3n) is 3.69. The van der Waals surface area contributed by atoms with Crippen LogP contribution in [0, 0.1) is 11.2 Å². The lowest BCUT2D eigenvalue weighted by atomic mass is 9.92. The molecular weight excluding hydrogens is 239 g/mol. The van der Waals surface area contributed by atoms with E-state index in [1.165, 1.54) is 5.56 Å². The molecule has 0 amide bonds. The molecule has 106 valence electrons. The number of nitrogens with one attached hydrogen (secondary N) is 1. The number of benzene rings is 1. The molecule has 0 radical (unpaired) electrons. The van der Waals surface area contributed by atoms with Gasteiger partial charge in [0.05, 0.1) is 0 Å². The summed E-state index contributed by atoms with van der Waals surface area (Å²) in [7, 11) is 0. The number of hydrogen-bond donors (Lipinski definition) is 1. The van der Waals surface area contributed by atoms with Gasteiger partial charge in [-0.05, 0) is 42.5 Å². The second-order valence-electron chi connectivity index (χ2n) is 6.29. The molecule has 1 aromatic carbocycles. The highest BCUT2D eigenvalue weighted by Gasteiger charge is 2.26. The maximum Gasteiger partial charge on any atom is 0.125 e. The molecular formula is C16H25FN2. The number of halogens is 1. The summed E-state index contributed by atoms with van der Waals surface area (Å²) in [4.78, 5) is 2.33. The van der Waals surface area contributed by atoms with Gasteiger partial charge in [0.1, 0.15) is 5.82 Å². The number of fused-ring (bicyclic) bond motifs is 1. The second kappa shape index (κ2) is 5.91. The van der Waals surface area contributed by atoms with Crippen LogP contribution in [0.4, 0.5) is 10.1 Å². The summed E-state index contributed by atoms with van der Waals surface area (Å²) in [5.74, 6) is -0.132. The van der Waals surface area contributed by atoms with E-state index in [0.29, 0.717) is 0 Å². The van der Waals surface area contributed by atoms with Crippen molar-refractivity contribution in [2.75, 3.05) is 31.1 Å². The minimum atomic E-state index is -0.132. The van der Waals surface area contributed by atoms with E-state index >= 15 is 0 Å². The van der Waals surface area contributed by atoms with Gasteiger partial charge in [-0.3, -0.25) is 0 Å². The molecule has 3 heteroatoms. The van der Waals surface area contributed by atoms with Crippen molar-refractivity contribution in [2.24, 2.45) is 5.41 Å². The van der Waals surface area contributed by atoms with Crippen LogP contribution in [0.3, 0.4) is 0 Å². The minimum Gasteiger partial charge on any atom is -0.370 e. The molecule has 0 spiro atoms. The molecule has 2 nitrogen and oxygen atoms in total. The summed E-state index contributed by atoms with van der Waals surface area (Å²) in [5, 5.41) is 3.48. The summed E-state index contributed by atoms with van der Waals surface area (Å²) in [5.41, 5.74) is 2.56. The van der Waals surface area contributed by atoms with Crippen LogP contribution >= 0.6 is 0 Å². The lowest BCUT2D eigenvalue weighted by molar-refractivity contribution is 0.344. The third kappa shape index (κ3) is 3.69. The zero-order chi connectivity index (χ0) is 13.9. The summed E-state index contributed by atoms with van der Waals surface area (Å²) in [6, 6.07) is 5.17. The highest BCUT2D eigenvalue weighted by molar-refractivity contribution is 5.58. The van der Waals surface area contributed by atoms with Crippen molar-refractivity contribution in [1.29, 1.82) is 0 Å². The van der Waals surface area contributed by atoms with Crippen molar-refractivity contribution in [1.82, 2.24) is 5.32 Å². The lowest BCUT2D eigenvalue weighted by Gasteiger charge is -2.32. The van der Waals surface area contributed by atoms with Gasteiger partial charge in [-0.2, -0.15) is 0 Å². The molecule has 2 rings (SSSR count). The van der Waals surface area contributed by atoms with E-state index in [-0.39, 0.29) is 11.2 Å². The molecule has 1 heterocycles. The van der Waals surface area contributed by atoms with E-state index < -0.39 is 0 Å². The largest absolute Gasteiger partial charge is 0.370 e. The third-order valence-corrected chi connectivity index (χ3v) is 3.69. The highest BCUT2D eigenvalue weighted by atomic mass is 19.1. The second-order valence-corrected chi connectivity index (χ2v) is 6.29. The van der Waals surface area contributed by atoms with Crippen molar-refractivity contribution in [2.45, 2.75) is 33.6 Å². The van der Waals surface area contributed by atoms with Gasteiger partial charge in [-0.15, -0.1) is 0 Å². The fourth-order valence-corrected chi connectivity index (χ4v) is 2.76. The van der Waals surface area contributed by atoms with Crippen LogP contribution < -0.4 is 10.2 Å². The Morgan fingerprint density at radius 2 is 2.16 bits per heavy atom. The van der Waals surface area contributed by atoms with Crippen molar-refractivity contribution in [3.05, 3.63) is 29.6 Å². The van der Waals surface area contributed by atoms with Crippen LogP contribution in [0.15, 0.2) is 18.2 Å². The van der Waals surface area contributed by atoms with Crippen LogP contribution in [-0.2, 0) is 6.42 Å². The molecule has 0 aliphatic carbocycles. The van der Waals surface area contributed by atoms with Crippen molar-refractivity contribution in [3.8, 4) is 0 Å². The molecule has 0 saturated carbocycles. The van der Waals surface area contributed by atoms with E-state index in [0.717, 1.165) is 44.7 Å². The van der Waals surface area contributed by atoms with E-state index in [1.807, 2.05) is 6.07 Å². The Morgan fingerprint density at radius 3 is 2.89 bits per heavy atom. The Hall–Kier alpha value is -1.09. The van der Waals surface area contributed by atoms with E-state index in [9.17, 15) is 4.39 Å². The van der Waals surface area contributed by atoms with Crippen LogP contribution in [0.5, 0.6) is 0 Å². The molecule has 1 aliphatic heterocycles. The number of hydrogen-bond acceptors (Lipinski definition) is 2. The predicted molar refractivity (Wildman–Crippen MR) is 79.3 cm³/mol. The van der Waals surface area contributed by atoms with Gasteiger partial charge >= 0.3 is 0 Å². The van der Waals surface area contributed by atoms with Gasteiger partial charge in [-0.1, -0.05) is 26.8 Å². The Morgan fingerprint density at radius 1 is 1.37 bits per heavy atom. The highest BCUT2D eigenvalue weighted by Crippen LogP contribution is 2.31. The average Bonchev–Trinajstić information content (AvgIpc) is 2.71. The van der Waals surface area contributed by atoms with Gasteiger partial charge in [0.25, 0.3) is 0 Å². The molecule has 0 bridgehead atoms. The summed E-state index contributed by atoms with van der Waals surface area (Å²) in [6.45, 7) is 10.8. The zero-order valence-electron chi connectivity index (χ0n) is 12.3. The summed E-state index contributed by atoms with van der Waals surface area (Å²) in [6.07, 6.45) is 2.20.